The van der Waals surface area contributed by atoms with Gasteiger partial charge in [0.25, 0.3) is 0 Å². The number of nitrogens with two attached hydrogens (primary N) is 2. The maximum absolute atomic E-state index is 12.2. The molecule has 0 aromatic heterocycles. The maximum Gasteiger partial charge on any atom is 0.352 e. The van der Waals surface area contributed by atoms with Crippen LogP contribution < -0.4 is 26.2 Å². The number of rotatable bonds is 6. The van der Waals surface area contributed by atoms with Crippen LogP contribution in [0.1, 0.15) is 30.5 Å². The third kappa shape index (κ3) is 4.89. The second-order valence-corrected chi connectivity index (χ2v) is 8.01. The van der Waals surface area contributed by atoms with Crippen LogP contribution in [0.15, 0.2) is 41.4 Å². The fourth-order valence-electron chi connectivity index (χ4n) is 3.22. The zero-order valence-corrected chi connectivity index (χ0v) is 18.5. The van der Waals surface area contributed by atoms with Gasteiger partial charge in [-0.05, 0) is 56.7 Å². The van der Waals surface area contributed by atoms with Gasteiger partial charge in [-0.3, -0.25) is 5.01 Å². The Morgan fingerprint density at radius 1 is 1.23 bits per heavy atom. The molecular weight excluding hydrogens is 398 g/mol. The van der Waals surface area contributed by atoms with Crippen LogP contribution in [0.4, 0.5) is 10.5 Å². The van der Waals surface area contributed by atoms with E-state index < -0.39 is 6.03 Å². The standard InChI is InChI=1S/C22H29N5O4/c1-14-11-15(20-25-22(2,3)13-31-20)9-10-18(14)30-12-16-17(7-6-8-19(16)29-5)27(24)21(28)26(4)23/h6-11H,12-13,23-24H2,1-5H3. The SMILES string of the molecule is COc1cccc(N(N)C(=O)N(C)N)c1COc1ccc(C2=NC(C)(C)CO2)cc1C. The van der Waals surface area contributed by atoms with Gasteiger partial charge in [0.05, 0.1) is 23.9 Å². The second kappa shape index (κ2) is 8.83. The summed E-state index contributed by atoms with van der Waals surface area (Å²) in [5.41, 5.74) is 2.66. The van der Waals surface area contributed by atoms with Gasteiger partial charge in [0.15, 0.2) is 0 Å². The number of carbonyl (C=O) groups excluding carboxylic acids is 1. The molecule has 1 aliphatic heterocycles. The van der Waals surface area contributed by atoms with E-state index in [9.17, 15) is 4.79 Å². The van der Waals surface area contributed by atoms with Gasteiger partial charge < -0.3 is 14.2 Å². The third-order valence-electron chi connectivity index (χ3n) is 4.86. The van der Waals surface area contributed by atoms with E-state index in [0.717, 1.165) is 21.1 Å². The third-order valence-corrected chi connectivity index (χ3v) is 4.86. The Hall–Kier alpha value is -3.30. The monoisotopic (exact) mass is 427 g/mol. The molecule has 0 atom stereocenters. The highest BCUT2D eigenvalue weighted by molar-refractivity contribution is 5.95. The summed E-state index contributed by atoms with van der Waals surface area (Å²) in [5, 5.41) is 1.87. The van der Waals surface area contributed by atoms with Crippen molar-refractivity contribution in [2.45, 2.75) is 32.9 Å². The first kappa shape index (κ1) is 22.4. The highest BCUT2D eigenvalue weighted by Crippen LogP contribution is 2.31. The van der Waals surface area contributed by atoms with Gasteiger partial charge in [-0.2, -0.15) is 0 Å². The van der Waals surface area contributed by atoms with E-state index in [1.807, 2.05) is 39.0 Å². The van der Waals surface area contributed by atoms with Gasteiger partial charge in [0, 0.05) is 12.6 Å². The average molecular weight is 428 g/mol. The van der Waals surface area contributed by atoms with Crippen molar-refractivity contribution >= 4 is 17.6 Å². The molecule has 4 N–H and O–H groups in total. The van der Waals surface area contributed by atoms with Crippen molar-refractivity contribution in [1.82, 2.24) is 5.01 Å². The molecule has 0 saturated carbocycles. The lowest BCUT2D eigenvalue weighted by atomic mass is 10.1. The summed E-state index contributed by atoms with van der Waals surface area (Å²) >= 11 is 0. The number of ether oxygens (including phenoxy) is 3. The molecule has 0 radical (unpaired) electrons. The summed E-state index contributed by atoms with van der Waals surface area (Å²) in [7, 11) is 2.97. The number of amides is 2. The summed E-state index contributed by atoms with van der Waals surface area (Å²) in [6.45, 7) is 6.71. The smallest absolute Gasteiger partial charge is 0.352 e. The Morgan fingerprint density at radius 3 is 2.55 bits per heavy atom. The molecule has 9 heteroatoms. The van der Waals surface area contributed by atoms with Gasteiger partial charge >= 0.3 is 6.03 Å². The van der Waals surface area contributed by atoms with E-state index in [0.29, 0.717) is 35.3 Å². The number of methoxy groups -OCH3 is 1. The number of aliphatic imine (C=N–C) groups is 1. The molecule has 0 unspecified atom stereocenters. The van der Waals surface area contributed by atoms with E-state index in [1.54, 1.807) is 25.3 Å². The predicted octanol–water partition coefficient (Wildman–Crippen LogP) is 2.74. The van der Waals surface area contributed by atoms with Crippen molar-refractivity contribution in [2.75, 3.05) is 25.8 Å². The average Bonchev–Trinajstić information content (AvgIpc) is 3.11. The van der Waals surface area contributed by atoms with Gasteiger partial charge in [-0.1, -0.05) is 6.07 Å². The Morgan fingerprint density at radius 2 is 1.97 bits per heavy atom. The fourth-order valence-corrected chi connectivity index (χ4v) is 3.22. The number of hydrogen-bond donors (Lipinski definition) is 2. The summed E-state index contributed by atoms with van der Waals surface area (Å²) < 4.78 is 17.2. The highest BCUT2D eigenvalue weighted by Gasteiger charge is 2.27. The summed E-state index contributed by atoms with van der Waals surface area (Å²) in [6, 6.07) is 10.4. The first-order valence-corrected chi connectivity index (χ1v) is 9.82. The number of nitrogens with zero attached hydrogens (tertiary/aromatic N) is 3. The Labute approximate surface area is 182 Å². The van der Waals surface area contributed by atoms with Crippen molar-refractivity contribution in [3.63, 3.8) is 0 Å². The van der Waals surface area contributed by atoms with Crippen LogP contribution in [0.3, 0.4) is 0 Å². The maximum atomic E-state index is 12.2. The van der Waals surface area contributed by atoms with E-state index in [1.165, 1.54) is 7.05 Å². The Kier molecular flexibility index (Phi) is 6.37. The largest absolute Gasteiger partial charge is 0.496 e. The van der Waals surface area contributed by atoms with Crippen LogP contribution in [0, 0.1) is 6.92 Å². The van der Waals surface area contributed by atoms with E-state index >= 15 is 0 Å². The molecule has 0 saturated heterocycles. The lowest BCUT2D eigenvalue weighted by Crippen LogP contribution is -2.49. The molecule has 1 heterocycles. The Balaban J connectivity index is 1.83. The van der Waals surface area contributed by atoms with Gasteiger partial charge in [-0.25, -0.2) is 26.5 Å². The number of hydrazine groups is 2. The molecule has 0 aliphatic carbocycles. The van der Waals surface area contributed by atoms with Crippen LogP contribution in [0.25, 0.3) is 0 Å². The van der Waals surface area contributed by atoms with Crippen molar-refractivity contribution in [3.05, 3.63) is 53.1 Å². The van der Waals surface area contributed by atoms with Crippen LogP contribution in [0.5, 0.6) is 11.5 Å². The molecule has 3 rings (SSSR count). The molecule has 1 aliphatic rings. The normalized spacial score (nSPS) is 14.5. The predicted molar refractivity (Wildman–Crippen MR) is 119 cm³/mol. The van der Waals surface area contributed by atoms with Crippen LogP contribution in [0.2, 0.25) is 0 Å². The molecule has 2 aromatic rings. The van der Waals surface area contributed by atoms with Gasteiger partial charge in [0.1, 0.15) is 24.7 Å². The number of hydrogen-bond acceptors (Lipinski definition) is 7. The highest BCUT2D eigenvalue weighted by atomic mass is 16.5. The first-order chi connectivity index (χ1) is 14.6. The molecule has 2 amide bonds. The molecule has 0 bridgehead atoms. The van der Waals surface area contributed by atoms with Crippen molar-refractivity contribution < 1.29 is 19.0 Å². The molecule has 0 fully saturated rings. The zero-order valence-electron chi connectivity index (χ0n) is 18.5. The van der Waals surface area contributed by atoms with E-state index in [-0.39, 0.29) is 12.1 Å². The van der Waals surface area contributed by atoms with Crippen LogP contribution >= 0.6 is 0 Å². The number of aryl methyl sites for hydroxylation is 1. The topological polar surface area (TPSA) is 116 Å². The van der Waals surface area contributed by atoms with Gasteiger partial charge in [0.2, 0.25) is 5.90 Å². The lowest BCUT2D eigenvalue weighted by Gasteiger charge is -2.24. The molecule has 166 valence electrons. The van der Waals surface area contributed by atoms with Crippen molar-refractivity contribution in [2.24, 2.45) is 16.7 Å². The fraction of sp³-hybridized carbons (Fsp3) is 0.364. The van der Waals surface area contributed by atoms with E-state index in [4.69, 9.17) is 25.9 Å². The Bertz CT molecular complexity index is 1000. The summed E-state index contributed by atoms with van der Waals surface area (Å²) in [5.74, 6) is 13.4. The summed E-state index contributed by atoms with van der Waals surface area (Å²) in [6.07, 6.45) is 0. The number of carbonyl (C=O) groups is 1. The lowest BCUT2D eigenvalue weighted by molar-refractivity contribution is 0.216. The number of anilines is 1. The summed E-state index contributed by atoms with van der Waals surface area (Å²) in [4.78, 5) is 16.8. The first-order valence-electron chi connectivity index (χ1n) is 9.82. The minimum atomic E-state index is -0.574. The second-order valence-electron chi connectivity index (χ2n) is 8.01. The molecule has 0 spiro atoms. The number of urea groups is 1. The van der Waals surface area contributed by atoms with E-state index in [2.05, 4.69) is 4.99 Å². The minimum Gasteiger partial charge on any atom is -0.496 e. The minimum absolute atomic E-state index is 0.138. The molecule has 2 aromatic carbocycles. The van der Waals surface area contributed by atoms with Crippen molar-refractivity contribution in [3.8, 4) is 11.5 Å². The molecule has 31 heavy (non-hydrogen) atoms. The van der Waals surface area contributed by atoms with Crippen molar-refractivity contribution in [1.29, 1.82) is 0 Å². The molecular formula is C22H29N5O4. The number of benzene rings is 2. The molecule has 9 nitrogen and oxygen atoms in total. The zero-order chi connectivity index (χ0) is 22.8. The quantitative estimate of drug-likeness (QED) is 0.416. The van der Waals surface area contributed by atoms with Gasteiger partial charge in [-0.15, -0.1) is 0 Å². The van der Waals surface area contributed by atoms with Crippen LogP contribution in [-0.2, 0) is 11.3 Å². The van der Waals surface area contributed by atoms with Crippen LogP contribution in [-0.4, -0.2) is 43.2 Å².